The molecule has 1 heterocycles. The average molecular weight is 457 g/mol. The van der Waals surface area contributed by atoms with Crippen molar-refractivity contribution in [2.24, 2.45) is 0 Å². The molecule has 1 aromatic heterocycles. The number of amides is 1. The summed E-state index contributed by atoms with van der Waals surface area (Å²) in [6, 6.07) is 17.4. The van der Waals surface area contributed by atoms with Gasteiger partial charge in [-0.25, -0.2) is 13.8 Å². The van der Waals surface area contributed by atoms with Crippen molar-refractivity contribution in [3.05, 3.63) is 100 Å². The first kappa shape index (κ1) is 21.0. The SMILES string of the molecule is O=C(Nc1ccccc1F)c1csc(-c2ccc(OCc3c(F)cccc3Cl)cc2)n1. The van der Waals surface area contributed by atoms with Crippen molar-refractivity contribution < 1.29 is 18.3 Å². The van der Waals surface area contributed by atoms with Gasteiger partial charge in [-0.15, -0.1) is 11.3 Å². The zero-order valence-electron chi connectivity index (χ0n) is 15.9. The molecule has 31 heavy (non-hydrogen) atoms. The van der Waals surface area contributed by atoms with Gasteiger partial charge in [0.15, 0.2) is 0 Å². The van der Waals surface area contributed by atoms with Gasteiger partial charge in [-0.1, -0.05) is 29.8 Å². The van der Waals surface area contributed by atoms with Crippen LogP contribution in [0.3, 0.4) is 0 Å². The fourth-order valence-corrected chi connectivity index (χ4v) is 3.80. The number of nitrogens with one attached hydrogen (secondary N) is 1. The second-order valence-corrected chi connectivity index (χ2v) is 7.75. The van der Waals surface area contributed by atoms with Gasteiger partial charge in [-0.2, -0.15) is 0 Å². The minimum absolute atomic E-state index is 0.00245. The molecule has 0 fully saturated rings. The van der Waals surface area contributed by atoms with Crippen molar-refractivity contribution in [2.75, 3.05) is 5.32 Å². The monoisotopic (exact) mass is 456 g/mol. The number of benzene rings is 3. The fourth-order valence-electron chi connectivity index (χ4n) is 2.78. The summed E-state index contributed by atoms with van der Waals surface area (Å²) < 4.78 is 33.2. The van der Waals surface area contributed by atoms with Gasteiger partial charge in [0.05, 0.1) is 10.7 Å². The van der Waals surface area contributed by atoms with Crippen molar-refractivity contribution in [1.29, 1.82) is 0 Å². The Bertz CT molecular complexity index is 1210. The topological polar surface area (TPSA) is 51.2 Å². The first-order chi connectivity index (χ1) is 15.0. The highest BCUT2D eigenvalue weighted by molar-refractivity contribution is 7.13. The molecule has 0 aliphatic carbocycles. The Balaban J connectivity index is 1.42. The Morgan fingerprint density at radius 1 is 1.00 bits per heavy atom. The smallest absolute Gasteiger partial charge is 0.275 e. The number of rotatable bonds is 6. The summed E-state index contributed by atoms with van der Waals surface area (Å²) in [6.07, 6.45) is 0. The fraction of sp³-hybridized carbons (Fsp3) is 0.0435. The maximum atomic E-state index is 13.8. The zero-order chi connectivity index (χ0) is 21.8. The van der Waals surface area contributed by atoms with Crippen LogP contribution < -0.4 is 10.1 Å². The molecule has 0 saturated heterocycles. The standard InChI is InChI=1S/C23H15ClF2N2O2S/c24-17-4-3-6-18(25)16(17)12-30-15-10-8-14(9-11-15)23-28-21(13-31-23)22(29)27-20-7-2-1-5-19(20)26/h1-11,13H,12H2,(H,27,29). The summed E-state index contributed by atoms with van der Waals surface area (Å²) in [6.45, 7) is 0.00245. The average Bonchev–Trinajstić information content (AvgIpc) is 3.26. The quantitative estimate of drug-likeness (QED) is 0.357. The van der Waals surface area contributed by atoms with Crippen molar-refractivity contribution in [1.82, 2.24) is 4.98 Å². The van der Waals surface area contributed by atoms with Crippen LogP contribution in [0.15, 0.2) is 72.1 Å². The van der Waals surface area contributed by atoms with E-state index in [1.165, 1.54) is 35.6 Å². The molecule has 0 radical (unpaired) electrons. The molecule has 0 spiro atoms. The van der Waals surface area contributed by atoms with Gasteiger partial charge in [-0.3, -0.25) is 4.79 Å². The van der Waals surface area contributed by atoms with E-state index in [2.05, 4.69) is 10.3 Å². The van der Waals surface area contributed by atoms with Crippen molar-refractivity contribution in [3.63, 3.8) is 0 Å². The van der Waals surface area contributed by atoms with Crippen LogP contribution >= 0.6 is 22.9 Å². The van der Waals surface area contributed by atoms with Crippen LogP contribution in [0, 0.1) is 11.6 Å². The molecular formula is C23H15ClF2N2O2S. The van der Waals surface area contributed by atoms with Crippen molar-refractivity contribution in [3.8, 4) is 16.3 Å². The van der Waals surface area contributed by atoms with E-state index in [1.54, 1.807) is 47.8 Å². The maximum absolute atomic E-state index is 13.8. The van der Waals surface area contributed by atoms with Gasteiger partial charge < -0.3 is 10.1 Å². The highest BCUT2D eigenvalue weighted by atomic mass is 35.5. The molecule has 0 atom stereocenters. The molecule has 3 aromatic carbocycles. The van der Waals surface area contributed by atoms with Crippen LogP contribution in [-0.2, 0) is 6.61 Å². The molecule has 1 N–H and O–H groups in total. The molecule has 8 heteroatoms. The lowest BCUT2D eigenvalue weighted by Gasteiger charge is -2.09. The van der Waals surface area contributed by atoms with E-state index in [-0.39, 0.29) is 18.0 Å². The molecule has 0 aliphatic rings. The second-order valence-electron chi connectivity index (χ2n) is 6.49. The number of nitrogens with zero attached hydrogens (tertiary/aromatic N) is 1. The summed E-state index contributed by atoms with van der Waals surface area (Å²) in [5, 5.41) is 5.05. The highest BCUT2D eigenvalue weighted by Gasteiger charge is 2.14. The molecule has 4 rings (SSSR count). The van der Waals surface area contributed by atoms with Gasteiger partial charge in [0, 0.05) is 16.5 Å². The van der Waals surface area contributed by atoms with Crippen LogP contribution in [0.1, 0.15) is 16.1 Å². The van der Waals surface area contributed by atoms with Crippen LogP contribution in [0.2, 0.25) is 5.02 Å². The number of carbonyl (C=O) groups excluding carboxylic acids is 1. The molecule has 156 valence electrons. The number of anilines is 1. The minimum Gasteiger partial charge on any atom is -0.489 e. The summed E-state index contributed by atoms with van der Waals surface area (Å²) in [7, 11) is 0. The van der Waals surface area contributed by atoms with Crippen LogP contribution in [0.5, 0.6) is 5.75 Å². The number of halogens is 3. The van der Waals surface area contributed by atoms with Gasteiger partial charge in [0.1, 0.15) is 34.7 Å². The third-order valence-corrected chi connectivity index (χ3v) is 5.65. The summed E-state index contributed by atoms with van der Waals surface area (Å²) in [5.41, 5.74) is 1.36. The van der Waals surface area contributed by atoms with Gasteiger partial charge in [0.2, 0.25) is 0 Å². The molecule has 0 aliphatic heterocycles. The lowest BCUT2D eigenvalue weighted by molar-refractivity contribution is 0.102. The van der Waals surface area contributed by atoms with E-state index in [1.807, 2.05) is 0 Å². The Kier molecular flexibility index (Phi) is 6.25. The van der Waals surface area contributed by atoms with E-state index in [0.717, 1.165) is 5.56 Å². The third-order valence-electron chi connectivity index (χ3n) is 4.41. The van der Waals surface area contributed by atoms with Crippen molar-refractivity contribution in [2.45, 2.75) is 6.61 Å². The van der Waals surface area contributed by atoms with Gasteiger partial charge in [0.25, 0.3) is 5.91 Å². The van der Waals surface area contributed by atoms with Gasteiger partial charge in [-0.05, 0) is 48.5 Å². The zero-order valence-corrected chi connectivity index (χ0v) is 17.5. The normalized spacial score (nSPS) is 10.7. The van der Waals surface area contributed by atoms with E-state index in [9.17, 15) is 13.6 Å². The Morgan fingerprint density at radius 3 is 2.48 bits per heavy atom. The molecule has 4 aromatic rings. The van der Waals surface area contributed by atoms with Crippen LogP contribution in [0.4, 0.5) is 14.5 Å². The van der Waals surface area contributed by atoms with Crippen LogP contribution in [-0.4, -0.2) is 10.9 Å². The molecule has 0 saturated carbocycles. The first-order valence-corrected chi connectivity index (χ1v) is 10.4. The molecule has 0 unspecified atom stereocenters. The van der Waals surface area contributed by atoms with E-state index >= 15 is 0 Å². The first-order valence-electron chi connectivity index (χ1n) is 9.19. The highest BCUT2D eigenvalue weighted by Crippen LogP contribution is 2.27. The number of para-hydroxylation sites is 1. The number of ether oxygens (including phenoxy) is 1. The van der Waals surface area contributed by atoms with Crippen molar-refractivity contribution >= 4 is 34.5 Å². The lowest BCUT2D eigenvalue weighted by atomic mass is 10.2. The summed E-state index contributed by atoms with van der Waals surface area (Å²) >= 11 is 7.30. The van der Waals surface area contributed by atoms with E-state index in [4.69, 9.17) is 16.3 Å². The number of thiazole rings is 1. The molecule has 0 bridgehead atoms. The van der Waals surface area contributed by atoms with E-state index in [0.29, 0.717) is 21.3 Å². The summed E-state index contributed by atoms with van der Waals surface area (Å²) in [5.74, 6) is -0.891. The lowest BCUT2D eigenvalue weighted by Crippen LogP contribution is -2.13. The number of carbonyl (C=O) groups is 1. The van der Waals surface area contributed by atoms with E-state index < -0.39 is 17.5 Å². The Morgan fingerprint density at radius 2 is 1.74 bits per heavy atom. The predicted octanol–water partition coefficient (Wildman–Crippen LogP) is 6.57. The molecule has 1 amide bonds. The maximum Gasteiger partial charge on any atom is 0.275 e. The predicted molar refractivity (Wildman–Crippen MR) is 118 cm³/mol. The largest absolute Gasteiger partial charge is 0.489 e. The second kappa shape index (κ2) is 9.24. The summed E-state index contributed by atoms with van der Waals surface area (Å²) in [4.78, 5) is 16.7. The number of hydrogen-bond acceptors (Lipinski definition) is 4. The third kappa shape index (κ3) is 4.90. The Labute approximate surface area is 186 Å². The van der Waals surface area contributed by atoms with Gasteiger partial charge >= 0.3 is 0 Å². The van der Waals surface area contributed by atoms with Crippen LogP contribution in [0.25, 0.3) is 10.6 Å². The molecule has 4 nitrogen and oxygen atoms in total. The molecular weight excluding hydrogens is 442 g/mol. The number of aromatic nitrogens is 1. The number of hydrogen-bond donors (Lipinski definition) is 1. The minimum atomic E-state index is -0.515. The Hall–Kier alpha value is -3.29.